The van der Waals surface area contributed by atoms with Crippen molar-refractivity contribution in [2.75, 3.05) is 13.1 Å². The SMILES string of the molecule is O=C(c1ccc2ncsc2c1)N1CCC(NS(=O)(=O)c2cccs2)CC1. The average Bonchev–Trinajstić information content (AvgIpc) is 3.33. The molecular weight excluding hydrogens is 390 g/mol. The Hall–Kier alpha value is -1.81. The molecule has 0 aliphatic carbocycles. The topological polar surface area (TPSA) is 79.4 Å². The van der Waals surface area contributed by atoms with Gasteiger partial charge in [0.25, 0.3) is 5.91 Å². The predicted octanol–water partition coefficient (Wildman–Crippen LogP) is 2.94. The number of carbonyl (C=O) groups excluding carboxylic acids is 1. The fraction of sp³-hybridized carbons (Fsp3) is 0.294. The molecule has 9 heteroatoms. The zero-order chi connectivity index (χ0) is 18.1. The van der Waals surface area contributed by atoms with Crippen LogP contribution in [0.25, 0.3) is 10.2 Å². The standard InChI is InChI=1S/C17H17N3O3S3/c21-17(12-3-4-14-15(10-12)25-11-18-14)20-7-5-13(6-8-20)19-26(22,23)16-2-1-9-24-16/h1-4,9-11,13,19H,5-8H2. The van der Waals surface area contributed by atoms with Gasteiger partial charge in [0.15, 0.2) is 0 Å². The van der Waals surface area contributed by atoms with Crippen LogP contribution in [0.3, 0.4) is 0 Å². The van der Waals surface area contributed by atoms with E-state index in [0.29, 0.717) is 35.7 Å². The highest BCUT2D eigenvalue weighted by Crippen LogP contribution is 2.22. The number of piperidine rings is 1. The Bertz CT molecular complexity index is 1020. The highest BCUT2D eigenvalue weighted by molar-refractivity contribution is 7.91. The fourth-order valence-electron chi connectivity index (χ4n) is 3.07. The first-order valence-corrected chi connectivity index (χ1v) is 11.5. The van der Waals surface area contributed by atoms with Crippen molar-refractivity contribution in [2.45, 2.75) is 23.1 Å². The Kier molecular flexibility index (Phi) is 4.78. The lowest BCUT2D eigenvalue weighted by atomic mass is 10.0. The van der Waals surface area contributed by atoms with E-state index in [1.54, 1.807) is 34.0 Å². The number of likely N-dealkylation sites (tertiary alicyclic amines) is 1. The first kappa shape index (κ1) is 17.6. The summed E-state index contributed by atoms with van der Waals surface area (Å²) < 4.78 is 28.7. The molecule has 2 aromatic heterocycles. The summed E-state index contributed by atoms with van der Waals surface area (Å²) in [5.74, 6) is -0.0140. The van der Waals surface area contributed by atoms with Gasteiger partial charge in [-0.05, 0) is 42.5 Å². The van der Waals surface area contributed by atoms with E-state index in [1.165, 1.54) is 22.7 Å². The maximum absolute atomic E-state index is 12.7. The van der Waals surface area contributed by atoms with Crippen molar-refractivity contribution in [3.8, 4) is 0 Å². The van der Waals surface area contributed by atoms with Gasteiger partial charge in [-0.1, -0.05) is 6.07 Å². The molecule has 6 nitrogen and oxygen atoms in total. The van der Waals surface area contributed by atoms with Crippen molar-refractivity contribution in [1.82, 2.24) is 14.6 Å². The number of rotatable bonds is 4. The normalized spacial score (nSPS) is 16.2. The maximum Gasteiger partial charge on any atom is 0.253 e. The van der Waals surface area contributed by atoms with Crippen molar-refractivity contribution in [2.24, 2.45) is 0 Å². The van der Waals surface area contributed by atoms with Gasteiger partial charge in [-0.15, -0.1) is 22.7 Å². The molecule has 0 saturated carbocycles. The van der Waals surface area contributed by atoms with Crippen LogP contribution in [-0.4, -0.2) is 43.3 Å². The van der Waals surface area contributed by atoms with Crippen LogP contribution in [-0.2, 0) is 10.0 Å². The quantitative estimate of drug-likeness (QED) is 0.721. The Morgan fingerprint density at radius 3 is 2.73 bits per heavy atom. The molecule has 1 amide bonds. The third kappa shape index (κ3) is 3.52. The second kappa shape index (κ2) is 7.07. The molecule has 1 N–H and O–H groups in total. The van der Waals surface area contributed by atoms with Gasteiger partial charge >= 0.3 is 0 Å². The van der Waals surface area contributed by atoms with E-state index < -0.39 is 10.0 Å². The fourth-order valence-corrected chi connectivity index (χ4v) is 6.10. The molecule has 1 aromatic carbocycles. The molecule has 4 rings (SSSR count). The van der Waals surface area contributed by atoms with Gasteiger partial charge in [0, 0.05) is 24.7 Å². The minimum atomic E-state index is -3.46. The average molecular weight is 408 g/mol. The lowest BCUT2D eigenvalue weighted by Crippen LogP contribution is -2.46. The van der Waals surface area contributed by atoms with Gasteiger partial charge in [0.05, 0.1) is 15.7 Å². The van der Waals surface area contributed by atoms with E-state index in [-0.39, 0.29) is 11.9 Å². The molecule has 0 atom stereocenters. The van der Waals surface area contributed by atoms with Crippen LogP contribution < -0.4 is 4.72 Å². The van der Waals surface area contributed by atoms with Crippen molar-refractivity contribution < 1.29 is 13.2 Å². The highest BCUT2D eigenvalue weighted by Gasteiger charge is 2.27. The summed E-state index contributed by atoms with van der Waals surface area (Å²) in [5, 5.41) is 1.75. The number of benzene rings is 1. The van der Waals surface area contributed by atoms with E-state index in [1.807, 2.05) is 12.1 Å². The monoisotopic (exact) mass is 407 g/mol. The lowest BCUT2D eigenvalue weighted by Gasteiger charge is -2.32. The molecule has 0 bridgehead atoms. The molecule has 1 aliphatic rings. The van der Waals surface area contributed by atoms with Gasteiger partial charge in [0.2, 0.25) is 10.0 Å². The molecule has 136 valence electrons. The summed E-state index contributed by atoms with van der Waals surface area (Å²) in [7, 11) is -3.46. The Morgan fingerprint density at radius 1 is 1.19 bits per heavy atom. The van der Waals surface area contributed by atoms with Gasteiger partial charge in [-0.25, -0.2) is 18.1 Å². The smallest absolute Gasteiger partial charge is 0.253 e. The molecule has 1 saturated heterocycles. The van der Waals surface area contributed by atoms with Crippen LogP contribution >= 0.6 is 22.7 Å². The number of sulfonamides is 1. The van der Waals surface area contributed by atoms with Gasteiger partial charge < -0.3 is 4.90 Å². The zero-order valence-corrected chi connectivity index (χ0v) is 16.2. The van der Waals surface area contributed by atoms with Crippen LogP contribution in [0, 0.1) is 0 Å². The number of aromatic nitrogens is 1. The summed E-state index contributed by atoms with van der Waals surface area (Å²) in [4.78, 5) is 18.7. The van der Waals surface area contributed by atoms with E-state index in [2.05, 4.69) is 9.71 Å². The molecule has 3 heterocycles. The third-order valence-electron chi connectivity index (χ3n) is 4.44. The number of nitrogens with one attached hydrogen (secondary N) is 1. The van der Waals surface area contributed by atoms with Crippen LogP contribution in [0.5, 0.6) is 0 Å². The largest absolute Gasteiger partial charge is 0.339 e. The molecule has 0 spiro atoms. The summed E-state index contributed by atoms with van der Waals surface area (Å²) in [5.41, 5.74) is 3.32. The number of nitrogens with zero attached hydrogens (tertiary/aromatic N) is 2. The number of hydrogen-bond acceptors (Lipinski definition) is 6. The summed E-state index contributed by atoms with van der Waals surface area (Å²) >= 11 is 2.72. The highest BCUT2D eigenvalue weighted by atomic mass is 32.2. The van der Waals surface area contributed by atoms with Gasteiger partial charge in [-0.3, -0.25) is 4.79 Å². The molecule has 0 radical (unpaired) electrons. The Balaban J connectivity index is 1.39. The van der Waals surface area contributed by atoms with Crippen molar-refractivity contribution >= 4 is 48.8 Å². The van der Waals surface area contributed by atoms with Crippen molar-refractivity contribution in [3.05, 3.63) is 46.8 Å². The maximum atomic E-state index is 12.7. The molecular formula is C17H17N3O3S3. The second-order valence-corrected chi connectivity index (χ2v) is 9.93. The number of hydrogen-bond donors (Lipinski definition) is 1. The zero-order valence-electron chi connectivity index (χ0n) is 13.8. The van der Waals surface area contributed by atoms with Crippen LogP contribution in [0.15, 0.2) is 45.4 Å². The Labute approximate surface area is 159 Å². The molecule has 3 aromatic rings. The van der Waals surface area contributed by atoms with Gasteiger partial charge in [0.1, 0.15) is 4.21 Å². The molecule has 1 fully saturated rings. The molecule has 1 aliphatic heterocycles. The minimum absolute atomic E-state index is 0.0140. The number of fused-ring (bicyclic) bond motifs is 1. The van der Waals surface area contributed by atoms with Crippen LogP contribution in [0.4, 0.5) is 0 Å². The second-order valence-electron chi connectivity index (χ2n) is 6.15. The first-order valence-electron chi connectivity index (χ1n) is 8.21. The van der Waals surface area contributed by atoms with E-state index in [9.17, 15) is 13.2 Å². The molecule has 26 heavy (non-hydrogen) atoms. The van der Waals surface area contributed by atoms with E-state index in [4.69, 9.17) is 0 Å². The third-order valence-corrected chi connectivity index (χ3v) is 8.15. The minimum Gasteiger partial charge on any atom is -0.339 e. The number of thiazole rings is 1. The first-order chi connectivity index (χ1) is 12.5. The molecule has 0 unspecified atom stereocenters. The number of amides is 1. The van der Waals surface area contributed by atoms with Crippen molar-refractivity contribution in [1.29, 1.82) is 0 Å². The Morgan fingerprint density at radius 2 is 2.00 bits per heavy atom. The van der Waals surface area contributed by atoms with Crippen LogP contribution in [0.1, 0.15) is 23.2 Å². The summed E-state index contributed by atoms with van der Waals surface area (Å²) in [6.45, 7) is 1.08. The lowest BCUT2D eigenvalue weighted by molar-refractivity contribution is 0.0711. The number of carbonyl (C=O) groups is 1. The number of thiophene rings is 1. The van der Waals surface area contributed by atoms with E-state index in [0.717, 1.165) is 10.2 Å². The van der Waals surface area contributed by atoms with Crippen molar-refractivity contribution in [3.63, 3.8) is 0 Å². The summed E-state index contributed by atoms with van der Waals surface area (Å²) in [6.07, 6.45) is 1.22. The van der Waals surface area contributed by atoms with E-state index >= 15 is 0 Å². The summed E-state index contributed by atoms with van der Waals surface area (Å²) in [6, 6.07) is 8.72. The van der Waals surface area contributed by atoms with Crippen LogP contribution in [0.2, 0.25) is 0 Å². The predicted molar refractivity (Wildman–Crippen MR) is 103 cm³/mol. The van der Waals surface area contributed by atoms with Gasteiger partial charge in [-0.2, -0.15) is 0 Å².